The van der Waals surface area contributed by atoms with Crippen LogP contribution in [0.2, 0.25) is 0 Å². The minimum Gasteiger partial charge on any atom is -0.340 e. The lowest BCUT2D eigenvalue weighted by molar-refractivity contribution is -0.144. The Bertz CT molecular complexity index is 326. The van der Waals surface area contributed by atoms with Crippen molar-refractivity contribution in [3.8, 4) is 0 Å². The van der Waals surface area contributed by atoms with E-state index in [1.807, 2.05) is 0 Å². The van der Waals surface area contributed by atoms with E-state index in [-0.39, 0.29) is 5.41 Å². The molecule has 0 atom stereocenters. The molecule has 19 heavy (non-hydrogen) atoms. The molecule has 1 aliphatic carbocycles. The molecule has 1 saturated carbocycles. The molecule has 0 aromatic heterocycles. The van der Waals surface area contributed by atoms with Crippen LogP contribution in [-0.4, -0.2) is 61.5 Å². The van der Waals surface area contributed by atoms with Gasteiger partial charge in [0.15, 0.2) is 0 Å². The number of nitrogens with zero attached hydrogens (tertiary/aromatic N) is 2. The summed E-state index contributed by atoms with van der Waals surface area (Å²) < 4.78 is 0. The van der Waals surface area contributed by atoms with Gasteiger partial charge in [-0.1, -0.05) is 6.92 Å². The first kappa shape index (κ1) is 13.4. The summed E-state index contributed by atoms with van der Waals surface area (Å²) in [6.07, 6.45) is 4.83. The smallest absolute Gasteiger partial charge is 0.228 e. The zero-order valence-corrected chi connectivity index (χ0v) is 12.2. The average molecular weight is 265 g/mol. The normalized spacial score (nSPS) is 28.4. The van der Waals surface area contributed by atoms with Crippen molar-refractivity contribution in [1.29, 1.82) is 0 Å². The highest BCUT2D eigenvalue weighted by atomic mass is 16.2. The molecule has 0 aromatic carbocycles. The maximum Gasteiger partial charge on any atom is 0.228 e. The highest BCUT2D eigenvalue weighted by Crippen LogP contribution is 2.32. The van der Waals surface area contributed by atoms with Crippen molar-refractivity contribution in [2.45, 2.75) is 32.6 Å². The minimum atomic E-state index is -0.107. The summed E-state index contributed by atoms with van der Waals surface area (Å²) in [5.41, 5.74) is -0.107. The van der Waals surface area contributed by atoms with Crippen LogP contribution in [-0.2, 0) is 4.79 Å². The summed E-state index contributed by atoms with van der Waals surface area (Å²) in [7, 11) is 0. The molecule has 4 heteroatoms. The molecule has 3 fully saturated rings. The van der Waals surface area contributed by atoms with Gasteiger partial charge >= 0.3 is 0 Å². The molecule has 0 spiro atoms. The lowest BCUT2D eigenvalue weighted by atomic mass is 9.79. The average Bonchev–Trinajstić information content (AvgIpc) is 3.24. The summed E-state index contributed by atoms with van der Waals surface area (Å²) in [6, 6.07) is 0. The van der Waals surface area contributed by atoms with Crippen LogP contribution in [0.4, 0.5) is 0 Å². The molecule has 2 heterocycles. The fourth-order valence-electron chi connectivity index (χ4n) is 3.37. The van der Waals surface area contributed by atoms with Crippen LogP contribution >= 0.6 is 0 Å². The van der Waals surface area contributed by atoms with Gasteiger partial charge in [0.05, 0.1) is 0 Å². The second-order valence-electron chi connectivity index (χ2n) is 6.85. The van der Waals surface area contributed by atoms with Crippen molar-refractivity contribution in [1.82, 2.24) is 15.1 Å². The van der Waals surface area contributed by atoms with Crippen LogP contribution in [0.15, 0.2) is 0 Å². The maximum absolute atomic E-state index is 12.7. The molecule has 3 rings (SSSR count). The first-order valence-electron chi connectivity index (χ1n) is 7.90. The van der Waals surface area contributed by atoms with E-state index in [1.165, 1.54) is 19.4 Å². The van der Waals surface area contributed by atoms with E-state index in [0.717, 1.165) is 58.0 Å². The minimum absolute atomic E-state index is 0.107. The van der Waals surface area contributed by atoms with E-state index < -0.39 is 0 Å². The van der Waals surface area contributed by atoms with Gasteiger partial charge in [-0.25, -0.2) is 0 Å². The molecular formula is C15H27N3O. The van der Waals surface area contributed by atoms with Crippen LogP contribution in [0.1, 0.15) is 32.6 Å². The zero-order valence-electron chi connectivity index (χ0n) is 12.2. The molecule has 108 valence electrons. The van der Waals surface area contributed by atoms with Gasteiger partial charge in [-0.2, -0.15) is 0 Å². The number of carbonyl (C=O) groups excluding carboxylic acids is 1. The van der Waals surface area contributed by atoms with Gasteiger partial charge in [0.2, 0.25) is 5.91 Å². The summed E-state index contributed by atoms with van der Waals surface area (Å²) in [5.74, 6) is 1.37. The van der Waals surface area contributed by atoms with Gasteiger partial charge in [-0.3, -0.25) is 9.69 Å². The second-order valence-corrected chi connectivity index (χ2v) is 6.85. The lowest BCUT2D eigenvalue weighted by Gasteiger charge is -2.41. The number of piperazine rings is 1. The Labute approximate surface area is 116 Å². The van der Waals surface area contributed by atoms with Crippen LogP contribution < -0.4 is 5.32 Å². The Morgan fingerprint density at radius 3 is 2.37 bits per heavy atom. The topological polar surface area (TPSA) is 35.6 Å². The molecule has 0 unspecified atom stereocenters. The molecule has 2 saturated heterocycles. The van der Waals surface area contributed by atoms with Crippen LogP contribution in [0.5, 0.6) is 0 Å². The lowest BCUT2D eigenvalue weighted by Crippen LogP contribution is -2.54. The Kier molecular flexibility index (Phi) is 3.81. The van der Waals surface area contributed by atoms with Crippen LogP contribution in [0, 0.1) is 11.3 Å². The molecule has 0 bridgehead atoms. The standard InChI is InChI=1S/C15H27N3O/c1-15(4-6-16-7-5-15)14(19)18-10-8-17(9-11-18)12-13-2-3-13/h13,16H,2-12H2,1H3. The van der Waals surface area contributed by atoms with Gasteiger partial charge in [0, 0.05) is 38.1 Å². The van der Waals surface area contributed by atoms with Gasteiger partial charge in [0.25, 0.3) is 0 Å². The molecule has 3 aliphatic rings. The van der Waals surface area contributed by atoms with Crippen LogP contribution in [0.3, 0.4) is 0 Å². The SMILES string of the molecule is CC1(C(=O)N2CCN(CC3CC3)CC2)CCNCC1. The summed E-state index contributed by atoms with van der Waals surface area (Å²) in [4.78, 5) is 17.4. The van der Waals surface area contributed by atoms with Crippen LogP contribution in [0.25, 0.3) is 0 Å². The molecule has 0 radical (unpaired) electrons. The van der Waals surface area contributed by atoms with E-state index >= 15 is 0 Å². The van der Waals surface area contributed by atoms with Crippen molar-refractivity contribution in [2.75, 3.05) is 45.8 Å². The third-order valence-corrected chi connectivity index (χ3v) is 5.10. The van der Waals surface area contributed by atoms with Crippen molar-refractivity contribution in [2.24, 2.45) is 11.3 Å². The van der Waals surface area contributed by atoms with Crippen molar-refractivity contribution < 1.29 is 4.79 Å². The van der Waals surface area contributed by atoms with Gasteiger partial charge in [-0.15, -0.1) is 0 Å². The maximum atomic E-state index is 12.7. The first-order chi connectivity index (χ1) is 9.17. The number of hydrogen-bond donors (Lipinski definition) is 1. The van der Waals surface area contributed by atoms with Crippen molar-refractivity contribution in [3.05, 3.63) is 0 Å². The molecule has 0 aromatic rings. The van der Waals surface area contributed by atoms with Gasteiger partial charge in [0.1, 0.15) is 0 Å². The first-order valence-corrected chi connectivity index (χ1v) is 7.90. The van der Waals surface area contributed by atoms with E-state index in [0.29, 0.717) is 5.91 Å². The van der Waals surface area contributed by atoms with E-state index in [2.05, 4.69) is 22.0 Å². The number of nitrogens with one attached hydrogen (secondary N) is 1. The monoisotopic (exact) mass is 265 g/mol. The highest BCUT2D eigenvalue weighted by molar-refractivity contribution is 5.82. The molecular weight excluding hydrogens is 238 g/mol. The highest BCUT2D eigenvalue weighted by Gasteiger charge is 2.38. The third kappa shape index (κ3) is 3.11. The molecule has 1 amide bonds. The summed E-state index contributed by atoms with van der Waals surface area (Å²) in [5, 5.41) is 3.35. The predicted octanol–water partition coefficient (Wildman–Crippen LogP) is 0.930. The van der Waals surface area contributed by atoms with Gasteiger partial charge in [-0.05, 0) is 44.7 Å². The fraction of sp³-hybridized carbons (Fsp3) is 0.933. The Hall–Kier alpha value is -0.610. The molecule has 2 aliphatic heterocycles. The molecule has 1 N–H and O–H groups in total. The Morgan fingerprint density at radius 2 is 1.79 bits per heavy atom. The quantitative estimate of drug-likeness (QED) is 0.824. The molecule has 4 nitrogen and oxygen atoms in total. The number of piperidine rings is 1. The second kappa shape index (κ2) is 5.41. The zero-order chi connectivity index (χ0) is 13.3. The predicted molar refractivity (Wildman–Crippen MR) is 76.0 cm³/mol. The number of rotatable bonds is 3. The number of carbonyl (C=O) groups is 1. The summed E-state index contributed by atoms with van der Waals surface area (Å²) in [6.45, 7) is 9.44. The van der Waals surface area contributed by atoms with Crippen molar-refractivity contribution >= 4 is 5.91 Å². The number of amides is 1. The summed E-state index contributed by atoms with van der Waals surface area (Å²) >= 11 is 0. The largest absolute Gasteiger partial charge is 0.340 e. The van der Waals surface area contributed by atoms with E-state index in [9.17, 15) is 4.79 Å². The number of hydrogen-bond acceptors (Lipinski definition) is 3. The Morgan fingerprint density at radius 1 is 1.16 bits per heavy atom. The Balaban J connectivity index is 1.50. The van der Waals surface area contributed by atoms with E-state index in [1.54, 1.807) is 0 Å². The third-order valence-electron chi connectivity index (χ3n) is 5.10. The van der Waals surface area contributed by atoms with Gasteiger partial charge < -0.3 is 10.2 Å². The van der Waals surface area contributed by atoms with Crippen molar-refractivity contribution in [3.63, 3.8) is 0 Å². The van der Waals surface area contributed by atoms with E-state index in [4.69, 9.17) is 0 Å². The fourth-order valence-corrected chi connectivity index (χ4v) is 3.37.